The summed E-state index contributed by atoms with van der Waals surface area (Å²) in [5, 5.41) is 106. The molecular weight excluding hydrogens is 1620 g/mol. The first-order valence-electron chi connectivity index (χ1n) is 34.0. The highest BCUT2D eigenvalue weighted by Gasteiger charge is 2.75. The largest absolute Gasteiger partial charge is 0.490 e. The highest BCUT2D eigenvalue weighted by Crippen LogP contribution is 2.74. The van der Waals surface area contributed by atoms with Gasteiger partial charge in [-0.15, -0.1) is 0 Å². The fourth-order valence-electron chi connectivity index (χ4n) is 16.9. The summed E-state index contributed by atoms with van der Waals surface area (Å²) in [5.41, 5.74) is 0.352. The molecule has 8 aromatic rings. The Hall–Kier alpha value is -6.18. The number of aromatic nitrogens is 16. The van der Waals surface area contributed by atoms with Crippen LogP contribution in [0.4, 0.5) is 23.3 Å². The van der Waals surface area contributed by atoms with Crippen molar-refractivity contribution in [3.05, 3.63) is 48.6 Å². The lowest BCUT2D eigenvalue weighted by atomic mass is 10.0. The van der Waals surface area contributed by atoms with Crippen molar-refractivity contribution in [2.75, 3.05) is 75.9 Å². The van der Waals surface area contributed by atoms with Crippen LogP contribution in [0.3, 0.4) is 0 Å². The van der Waals surface area contributed by atoms with Crippen LogP contribution in [0.2, 0.25) is 0 Å². The fraction of sp³-hybridized carbons (Fsp3) is 0.643. The molecule has 56 heteroatoms. The van der Waals surface area contributed by atoms with Gasteiger partial charge in [-0.2, -0.15) is 12.9 Å². The van der Waals surface area contributed by atoms with Crippen LogP contribution in [0, 0.1) is 73.0 Å². The lowest BCUT2D eigenvalue weighted by Crippen LogP contribution is -2.35. The molecule has 0 spiro atoms. The van der Waals surface area contributed by atoms with Crippen LogP contribution in [0.15, 0.2) is 25.3 Å². The van der Waals surface area contributed by atoms with Crippen LogP contribution in [-0.2, 0) is 53.9 Å². The summed E-state index contributed by atoms with van der Waals surface area (Å²) >= 11 is 0. The second-order valence-corrected chi connectivity index (χ2v) is 37.2. The standard InChI is InChI=1S/C14H22N5O12P3.C14H21N5O9P2.C14H20N5O6P.C14H19N5O3/c1-6-17-12(15-2)8-13(18-6)19(5-16-8)9-7-3-14(7,11(21)10(9)20)4-29-33(25,26)31-34(27,28)30-32(22,23)24;1-6-17-12(15-2)8-13(18-6)19(5-16-8)9-7-3-14(7,11(21)10(9)20)4-27-30(25,26)28-29(22,23)24;1-6-17-12(15-2)8-13(18-6)19(5-16-8)9-7-3-14(7,11(21)10(9)20)4-25-26(22,23)24;1-6-17-12(15-2)8-13(18-6)19(5-16-8)9-7-3-14(7,4-20)11(22)10(9)21/h5,7,9-11,20-21H,3-4H2,1-2H3,(H,25,26)(H,27,28)(H,15,17,18)(H2,22,23,24);5,7,9-11,20-21H,3-4H2,1-2H3,(H,25,26)(H,15,17,18)(H2,22,23,24);5,7,9-11,20-21H,3-4H2,1-2H3,(H,15,17,18)(H2,22,23,24);5,7,9-11,20-22H,3-4H2,1-2H3,(H,15,17,18)/t4*7-,9-,10+,11+,14+/m1111/s1. The first kappa shape index (κ1) is 83.8. The van der Waals surface area contributed by atoms with Crippen molar-refractivity contribution in [3.63, 3.8) is 0 Å². The zero-order valence-electron chi connectivity index (χ0n) is 60.0. The first-order chi connectivity index (χ1) is 52.2. The molecule has 8 heterocycles. The van der Waals surface area contributed by atoms with Gasteiger partial charge in [-0.3, -0.25) is 13.6 Å². The number of imidazole rings is 4. The van der Waals surface area contributed by atoms with Gasteiger partial charge in [0.1, 0.15) is 69.8 Å². The lowest BCUT2D eigenvalue weighted by Gasteiger charge is -2.24. The number of hydrogen-bond donors (Lipinski definition) is 22. The molecule has 22 N–H and O–H groups in total. The van der Waals surface area contributed by atoms with E-state index in [0.29, 0.717) is 110 Å². The molecule has 616 valence electrons. The highest BCUT2D eigenvalue weighted by molar-refractivity contribution is 7.66. The van der Waals surface area contributed by atoms with Crippen molar-refractivity contribution in [1.29, 1.82) is 0 Å². The number of anilines is 4. The summed E-state index contributed by atoms with van der Waals surface area (Å²) in [4.78, 5) is 133. The van der Waals surface area contributed by atoms with E-state index in [-0.39, 0.29) is 43.4 Å². The first-order valence-corrected chi connectivity index (χ1v) is 43.1. The number of phosphoric acid groups is 6. The number of aryl methyl sites for hydroxylation is 4. The molecule has 0 aromatic carbocycles. The maximum Gasteiger partial charge on any atom is 0.490 e. The zero-order chi connectivity index (χ0) is 81.8. The molecule has 8 aliphatic carbocycles. The highest BCUT2D eigenvalue weighted by atomic mass is 31.3. The molecule has 8 aromatic heterocycles. The van der Waals surface area contributed by atoms with Gasteiger partial charge in [-0.1, -0.05) is 0 Å². The summed E-state index contributed by atoms with van der Waals surface area (Å²) in [6.45, 7) is 5.25. The Kier molecular flexibility index (Phi) is 22.0. The third-order valence-corrected chi connectivity index (χ3v) is 28.6. The van der Waals surface area contributed by atoms with Crippen molar-refractivity contribution in [3.8, 4) is 0 Å². The van der Waals surface area contributed by atoms with E-state index in [9.17, 15) is 88.0 Å². The molecule has 3 unspecified atom stereocenters. The molecule has 8 aliphatic rings. The van der Waals surface area contributed by atoms with E-state index in [2.05, 4.69) is 98.5 Å². The van der Waals surface area contributed by atoms with E-state index in [4.69, 9.17) is 38.4 Å². The summed E-state index contributed by atoms with van der Waals surface area (Å²) in [6, 6.07) is -2.22. The van der Waals surface area contributed by atoms with Crippen molar-refractivity contribution in [2.24, 2.45) is 45.3 Å². The lowest BCUT2D eigenvalue weighted by molar-refractivity contribution is -0.0300. The molecule has 0 amide bonds. The van der Waals surface area contributed by atoms with Gasteiger partial charge in [0.25, 0.3) is 0 Å². The number of hydrogen-bond acceptors (Lipinski definition) is 37. The van der Waals surface area contributed by atoms with Crippen LogP contribution in [0.1, 0.15) is 73.1 Å². The molecule has 0 saturated heterocycles. The molecule has 0 radical (unpaired) electrons. The minimum Gasteiger partial charge on any atom is -0.396 e. The number of aliphatic hydroxyl groups excluding tert-OH is 9. The Morgan fingerprint density at radius 1 is 0.366 bits per heavy atom. The fourth-order valence-corrected chi connectivity index (χ4v) is 22.0. The zero-order valence-corrected chi connectivity index (χ0v) is 65.4. The van der Waals surface area contributed by atoms with Gasteiger partial charge in [0, 0.05) is 49.9 Å². The molecule has 0 aliphatic heterocycles. The van der Waals surface area contributed by atoms with Crippen molar-refractivity contribution in [2.45, 2.75) is 126 Å². The predicted octanol–water partition coefficient (Wildman–Crippen LogP) is -1.49. The molecule has 0 bridgehead atoms. The number of phosphoric ester groups is 3. The molecular formula is C56H82N20O30P6. The molecule has 8 saturated carbocycles. The third kappa shape index (κ3) is 15.3. The average molecular weight is 1700 g/mol. The van der Waals surface area contributed by atoms with E-state index in [1.165, 1.54) is 12.7 Å². The molecule has 8 fully saturated rings. The Morgan fingerprint density at radius 2 is 0.607 bits per heavy atom. The molecule has 50 nitrogen and oxygen atoms in total. The van der Waals surface area contributed by atoms with Crippen LogP contribution in [0.25, 0.3) is 44.7 Å². The maximum absolute atomic E-state index is 12.1. The number of aliphatic hydroxyl groups is 9. The average Bonchev–Trinajstić information content (AvgIpc) is 1.54. The summed E-state index contributed by atoms with van der Waals surface area (Å²) in [5.74, 6) is 3.22. The van der Waals surface area contributed by atoms with Crippen molar-refractivity contribution in [1.82, 2.24) is 78.1 Å². The smallest absolute Gasteiger partial charge is 0.396 e. The van der Waals surface area contributed by atoms with E-state index in [1.54, 1.807) is 82.2 Å². The Morgan fingerprint density at radius 3 is 0.857 bits per heavy atom. The van der Waals surface area contributed by atoms with Crippen LogP contribution >= 0.6 is 46.9 Å². The number of rotatable bonds is 24. The minimum atomic E-state index is -5.67. The van der Waals surface area contributed by atoms with Gasteiger partial charge in [0.15, 0.2) is 45.9 Å². The van der Waals surface area contributed by atoms with Gasteiger partial charge in [-0.25, -0.2) is 87.2 Å². The second kappa shape index (κ2) is 29.5. The summed E-state index contributed by atoms with van der Waals surface area (Å²) in [7, 11) is -24.7. The number of fused-ring (bicyclic) bond motifs is 8. The van der Waals surface area contributed by atoms with Crippen molar-refractivity contribution >= 4 is 115 Å². The van der Waals surface area contributed by atoms with Crippen molar-refractivity contribution < 1.29 is 144 Å². The van der Waals surface area contributed by atoms with Gasteiger partial charge >= 0.3 is 46.9 Å². The summed E-state index contributed by atoms with van der Waals surface area (Å²) < 4.78 is 99.8. The normalized spacial score (nSPS) is 33.5. The molecule has 112 heavy (non-hydrogen) atoms. The van der Waals surface area contributed by atoms with Gasteiger partial charge in [0.2, 0.25) is 0 Å². The van der Waals surface area contributed by atoms with Crippen LogP contribution in [0.5, 0.6) is 0 Å². The van der Waals surface area contributed by atoms with Crippen LogP contribution in [-0.4, -0.2) is 272 Å². The number of nitrogens with zero attached hydrogens (tertiary/aromatic N) is 16. The van der Waals surface area contributed by atoms with Gasteiger partial charge in [0.05, 0.1) is 100 Å². The van der Waals surface area contributed by atoms with E-state index < -0.39 is 155 Å². The number of nitrogens with one attached hydrogen (secondary N) is 4. The Bertz CT molecular complexity index is 5280. The van der Waals surface area contributed by atoms with E-state index >= 15 is 0 Å². The topological polar surface area (TPSA) is 744 Å². The summed E-state index contributed by atoms with van der Waals surface area (Å²) in [6.07, 6.45) is -1.61. The minimum absolute atomic E-state index is 0.0354. The quantitative estimate of drug-likeness (QED) is 0.0306. The van der Waals surface area contributed by atoms with Crippen LogP contribution < -0.4 is 21.3 Å². The predicted molar refractivity (Wildman–Crippen MR) is 379 cm³/mol. The van der Waals surface area contributed by atoms with E-state index in [0.717, 1.165) is 0 Å². The Balaban J connectivity index is 0.000000132. The third-order valence-electron chi connectivity index (χ3n) is 22.2. The van der Waals surface area contributed by atoms with Gasteiger partial charge < -0.3 is 130 Å². The SMILES string of the molecule is CNc1nc(C)nc2c1ncn2[C@H]1[C@H](O)[C@H](O)[C@]2(CO)C[C@H]12.CNc1nc(C)nc2c1ncn2[C@H]1[C@H](O)[C@H](O)[C@]2(COP(=O)(O)O)C[C@H]12.CNc1nc(C)nc2c1ncn2[C@H]1[C@H](O)[C@H](O)[C@]2(COP(=O)(O)OP(=O)(O)O)C[C@H]12.CNc1nc(C)nc2c1ncn2[C@H]1[C@H](O)[C@H](O)[C@]2(COP(=O)(O)OP(=O)(O)OP(=O)(O)O)C[C@H]12. The second-order valence-electron chi connectivity index (χ2n) is 28.8. The van der Waals surface area contributed by atoms with E-state index in [1.807, 2.05) is 4.57 Å². The maximum atomic E-state index is 12.1. The monoisotopic (exact) mass is 1700 g/mol. The molecule has 16 rings (SSSR count). The van der Waals surface area contributed by atoms with Gasteiger partial charge in [-0.05, 0) is 77.0 Å². The molecule has 23 atom stereocenters. The Labute approximate surface area is 630 Å².